The highest BCUT2D eigenvalue weighted by Crippen LogP contribution is 2.28. The molecule has 1 unspecified atom stereocenters. The third-order valence-corrected chi connectivity index (χ3v) is 4.75. The van der Waals surface area contributed by atoms with Crippen molar-refractivity contribution in [1.82, 2.24) is 4.98 Å². The molecule has 0 saturated carbocycles. The Labute approximate surface area is 120 Å². The number of hydrogen-bond acceptors (Lipinski definition) is 3. The number of thiazole rings is 1. The Bertz CT molecular complexity index is 548. The van der Waals surface area contributed by atoms with Crippen LogP contribution in [0.1, 0.15) is 47.6 Å². The average molecular weight is 325 g/mol. The Morgan fingerprint density at radius 2 is 2.06 bits per heavy atom. The minimum atomic E-state index is -0.139. The molecule has 2 nitrogen and oxygen atoms in total. The van der Waals surface area contributed by atoms with Gasteiger partial charge in [-0.15, -0.1) is 11.3 Å². The summed E-state index contributed by atoms with van der Waals surface area (Å²) in [5, 5.41) is 3.08. The van der Waals surface area contributed by atoms with Crippen LogP contribution in [0.15, 0.2) is 28.1 Å². The molecule has 0 saturated heterocycles. The van der Waals surface area contributed by atoms with Crippen LogP contribution in [0.3, 0.4) is 0 Å². The molecule has 2 N–H and O–H groups in total. The highest BCUT2D eigenvalue weighted by atomic mass is 79.9. The van der Waals surface area contributed by atoms with E-state index in [1.54, 1.807) is 11.3 Å². The van der Waals surface area contributed by atoms with Gasteiger partial charge in [0.05, 0.1) is 11.7 Å². The number of nitrogens with zero attached hydrogens (tertiary/aromatic N) is 1. The van der Waals surface area contributed by atoms with E-state index in [2.05, 4.69) is 65.3 Å². The van der Waals surface area contributed by atoms with Gasteiger partial charge < -0.3 is 5.73 Å². The topological polar surface area (TPSA) is 38.9 Å². The molecule has 1 aromatic carbocycles. The summed E-state index contributed by atoms with van der Waals surface area (Å²) < 4.78 is 1.09. The van der Waals surface area contributed by atoms with Crippen molar-refractivity contribution in [1.29, 1.82) is 0 Å². The lowest BCUT2D eigenvalue weighted by Crippen LogP contribution is -2.11. The standard InChI is InChI=1S/C14H17BrN2S/c1-8(2)12-7-18-14(17-12)13(16)10-5-4-9(3)11(15)6-10/h4-8,13H,16H2,1-3H3. The van der Waals surface area contributed by atoms with E-state index in [4.69, 9.17) is 5.73 Å². The van der Waals surface area contributed by atoms with Crippen molar-refractivity contribution in [3.63, 3.8) is 0 Å². The normalized spacial score (nSPS) is 13.0. The van der Waals surface area contributed by atoms with Crippen LogP contribution in [-0.4, -0.2) is 4.98 Å². The summed E-state index contributed by atoms with van der Waals surface area (Å²) in [4.78, 5) is 4.62. The molecule has 1 atom stereocenters. The van der Waals surface area contributed by atoms with Gasteiger partial charge in [-0.1, -0.05) is 41.9 Å². The lowest BCUT2D eigenvalue weighted by atomic mass is 10.1. The lowest BCUT2D eigenvalue weighted by Gasteiger charge is -2.10. The second kappa shape index (κ2) is 5.51. The highest BCUT2D eigenvalue weighted by molar-refractivity contribution is 9.10. The molecule has 4 heteroatoms. The lowest BCUT2D eigenvalue weighted by molar-refractivity contribution is 0.795. The summed E-state index contributed by atoms with van der Waals surface area (Å²) in [6.07, 6.45) is 0. The van der Waals surface area contributed by atoms with E-state index in [-0.39, 0.29) is 6.04 Å². The van der Waals surface area contributed by atoms with Gasteiger partial charge in [-0.2, -0.15) is 0 Å². The Hall–Kier alpha value is -0.710. The first-order valence-electron chi connectivity index (χ1n) is 5.96. The molecule has 18 heavy (non-hydrogen) atoms. The van der Waals surface area contributed by atoms with Gasteiger partial charge in [0.1, 0.15) is 5.01 Å². The smallest absolute Gasteiger partial charge is 0.114 e. The molecular weight excluding hydrogens is 308 g/mol. The van der Waals surface area contributed by atoms with E-state index in [9.17, 15) is 0 Å². The molecule has 0 bridgehead atoms. The molecule has 1 heterocycles. The fourth-order valence-corrected chi connectivity index (χ4v) is 3.06. The zero-order valence-corrected chi connectivity index (χ0v) is 13.2. The molecule has 2 aromatic rings. The molecule has 0 radical (unpaired) electrons. The van der Waals surface area contributed by atoms with Crippen molar-refractivity contribution in [2.24, 2.45) is 5.73 Å². The molecule has 1 aromatic heterocycles. The first-order valence-corrected chi connectivity index (χ1v) is 7.63. The van der Waals surface area contributed by atoms with Crippen LogP contribution in [0.5, 0.6) is 0 Å². The van der Waals surface area contributed by atoms with E-state index >= 15 is 0 Å². The fraction of sp³-hybridized carbons (Fsp3) is 0.357. The second-order valence-electron chi connectivity index (χ2n) is 4.75. The van der Waals surface area contributed by atoms with Crippen LogP contribution in [0, 0.1) is 6.92 Å². The van der Waals surface area contributed by atoms with Crippen LogP contribution < -0.4 is 5.73 Å². The summed E-state index contributed by atoms with van der Waals surface area (Å²) in [6, 6.07) is 6.09. The van der Waals surface area contributed by atoms with E-state index in [1.807, 2.05) is 0 Å². The second-order valence-corrected chi connectivity index (χ2v) is 6.50. The number of rotatable bonds is 3. The van der Waals surface area contributed by atoms with Crippen LogP contribution in [0.2, 0.25) is 0 Å². The highest BCUT2D eigenvalue weighted by Gasteiger charge is 2.15. The SMILES string of the molecule is Cc1ccc(C(N)c2nc(C(C)C)cs2)cc1Br. The zero-order chi connectivity index (χ0) is 13.3. The van der Waals surface area contributed by atoms with Crippen LogP contribution in [-0.2, 0) is 0 Å². The van der Waals surface area contributed by atoms with E-state index in [0.717, 1.165) is 20.7 Å². The van der Waals surface area contributed by atoms with Crippen LogP contribution in [0.25, 0.3) is 0 Å². The van der Waals surface area contributed by atoms with Gasteiger partial charge in [0, 0.05) is 9.85 Å². The summed E-state index contributed by atoms with van der Waals surface area (Å²) in [5.41, 5.74) is 9.71. The van der Waals surface area contributed by atoms with Gasteiger partial charge in [-0.3, -0.25) is 0 Å². The number of benzene rings is 1. The molecule has 96 valence electrons. The van der Waals surface area contributed by atoms with Crippen molar-refractivity contribution >= 4 is 27.3 Å². The molecule has 0 fully saturated rings. The number of hydrogen-bond donors (Lipinski definition) is 1. The first-order chi connectivity index (χ1) is 8.49. The third-order valence-electron chi connectivity index (χ3n) is 2.95. The van der Waals surface area contributed by atoms with Crippen molar-refractivity contribution in [2.45, 2.75) is 32.7 Å². The molecular formula is C14H17BrN2S. The van der Waals surface area contributed by atoms with Crippen molar-refractivity contribution in [2.75, 3.05) is 0 Å². The summed E-state index contributed by atoms with van der Waals surface area (Å²) in [7, 11) is 0. The Morgan fingerprint density at radius 3 is 2.61 bits per heavy atom. The molecule has 0 spiro atoms. The Morgan fingerprint density at radius 1 is 1.33 bits per heavy atom. The third kappa shape index (κ3) is 2.82. The quantitative estimate of drug-likeness (QED) is 0.909. The van der Waals surface area contributed by atoms with Crippen molar-refractivity contribution < 1.29 is 0 Å². The van der Waals surface area contributed by atoms with Gasteiger partial charge in [-0.25, -0.2) is 4.98 Å². The zero-order valence-electron chi connectivity index (χ0n) is 10.8. The first kappa shape index (κ1) is 13.7. The fourth-order valence-electron chi connectivity index (χ4n) is 1.65. The van der Waals surface area contributed by atoms with E-state index in [0.29, 0.717) is 5.92 Å². The Kier molecular flexibility index (Phi) is 4.20. The predicted octanol–water partition coefficient (Wildman–Crippen LogP) is 4.39. The molecule has 0 aliphatic carbocycles. The molecule has 0 aliphatic heterocycles. The maximum Gasteiger partial charge on any atom is 0.114 e. The predicted molar refractivity (Wildman–Crippen MR) is 81.1 cm³/mol. The monoisotopic (exact) mass is 324 g/mol. The maximum absolute atomic E-state index is 6.28. The summed E-state index contributed by atoms with van der Waals surface area (Å²) in [6.45, 7) is 6.36. The van der Waals surface area contributed by atoms with E-state index in [1.165, 1.54) is 5.56 Å². The Balaban J connectivity index is 2.29. The largest absolute Gasteiger partial charge is 0.318 e. The minimum absolute atomic E-state index is 0.139. The van der Waals surface area contributed by atoms with Gasteiger partial charge in [0.15, 0.2) is 0 Å². The number of aryl methyl sites for hydroxylation is 1. The number of halogens is 1. The minimum Gasteiger partial charge on any atom is -0.318 e. The van der Waals surface area contributed by atoms with Gasteiger partial charge in [0.25, 0.3) is 0 Å². The summed E-state index contributed by atoms with van der Waals surface area (Å²) >= 11 is 5.18. The van der Waals surface area contributed by atoms with Crippen molar-refractivity contribution in [3.05, 3.63) is 49.9 Å². The van der Waals surface area contributed by atoms with E-state index < -0.39 is 0 Å². The van der Waals surface area contributed by atoms with Gasteiger partial charge >= 0.3 is 0 Å². The average Bonchev–Trinajstić information content (AvgIpc) is 2.81. The van der Waals surface area contributed by atoms with Gasteiger partial charge in [0.2, 0.25) is 0 Å². The number of nitrogens with two attached hydrogens (primary N) is 1. The maximum atomic E-state index is 6.28. The summed E-state index contributed by atoms with van der Waals surface area (Å²) in [5.74, 6) is 0.451. The molecule has 0 aliphatic rings. The number of aromatic nitrogens is 1. The van der Waals surface area contributed by atoms with Crippen molar-refractivity contribution in [3.8, 4) is 0 Å². The molecule has 0 amide bonds. The molecule has 2 rings (SSSR count). The van der Waals surface area contributed by atoms with Crippen LogP contribution in [0.4, 0.5) is 0 Å². The van der Waals surface area contributed by atoms with Crippen LogP contribution >= 0.6 is 27.3 Å². The van der Waals surface area contributed by atoms with Gasteiger partial charge in [-0.05, 0) is 30.0 Å².